The standard InChI is InChI=1S/C18H21FN4OS/c1-3-23(4-2)8-9-24-16-6-5-13(11-14(16)19)21-18-20-12-17-15(22-18)7-10-25-17/h5-7,10-12H,3-4,8-9H2,1-2H3,(H,20,21,22). The Bertz CT molecular complexity index is 835. The predicted molar refractivity (Wildman–Crippen MR) is 100 cm³/mol. The molecule has 0 aliphatic heterocycles. The molecule has 0 unspecified atom stereocenters. The number of hydrogen-bond donors (Lipinski definition) is 1. The fourth-order valence-corrected chi connectivity index (χ4v) is 3.17. The highest BCUT2D eigenvalue weighted by Gasteiger charge is 2.08. The van der Waals surface area contributed by atoms with Crippen LogP contribution in [0, 0.1) is 5.82 Å². The van der Waals surface area contributed by atoms with Crippen molar-refractivity contribution in [1.29, 1.82) is 0 Å². The van der Waals surface area contributed by atoms with Crippen LogP contribution in [-0.4, -0.2) is 41.1 Å². The van der Waals surface area contributed by atoms with Crippen LogP contribution in [0.2, 0.25) is 0 Å². The molecule has 0 spiro atoms. The van der Waals surface area contributed by atoms with Crippen LogP contribution in [0.25, 0.3) is 10.2 Å². The number of anilines is 2. The largest absolute Gasteiger partial charge is 0.489 e. The van der Waals surface area contributed by atoms with Gasteiger partial charge in [0.2, 0.25) is 5.95 Å². The number of nitrogens with one attached hydrogen (secondary N) is 1. The van der Waals surface area contributed by atoms with Gasteiger partial charge in [-0.3, -0.25) is 0 Å². The second-order valence-electron chi connectivity index (χ2n) is 5.51. The monoisotopic (exact) mass is 360 g/mol. The van der Waals surface area contributed by atoms with Gasteiger partial charge in [0.25, 0.3) is 0 Å². The molecule has 0 radical (unpaired) electrons. The molecule has 3 aromatic rings. The average molecular weight is 360 g/mol. The van der Waals surface area contributed by atoms with E-state index in [0.29, 0.717) is 18.2 Å². The zero-order valence-electron chi connectivity index (χ0n) is 14.3. The lowest BCUT2D eigenvalue weighted by molar-refractivity contribution is 0.217. The van der Waals surface area contributed by atoms with Gasteiger partial charge >= 0.3 is 0 Å². The summed E-state index contributed by atoms with van der Waals surface area (Å²) in [5.74, 6) is 0.300. The van der Waals surface area contributed by atoms with Crippen LogP contribution in [0.5, 0.6) is 5.75 Å². The van der Waals surface area contributed by atoms with Gasteiger partial charge in [0.05, 0.1) is 16.4 Å². The fourth-order valence-electron chi connectivity index (χ4n) is 2.48. The minimum Gasteiger partial charge on any atom is -0.489 e. The number of hydrogen-bond acceptors (Lipinski definition) is 6. The van der Waals surface area contributed by atoms with Crippen LogP contribution in [0.3, 0.4) is 0 Å². The quantitative estimate of drug-likeness (QED) is 0.649. The highest BCUT2D eigenvalue weighted by molar-refractivity contribution is 7.17. The molecule has 3 rings (SSSR count). The maximum absolute atomic E-state index is 14.2. The molecule has 0 fully saturated rings. The van der Waals surface area contributed by atoms with Crippen LogP contribution in [0.15, 0.2) is 35.8 Å². The molecule has 0 saturated heterocycles. The fraction of sp³-hybridized carbons (Fsp3) is 0.333. The molecule has 132 valence electrons. The van der Waals surface area contributed by atoms with Gasteiger partial charge in [-0.25, -0.2) is 14.4 Å². The van der Waals surface area contributed by atoms with Crippen molar-refractivity contribution in [3.63, 3.8) is 0 Å². The molecule has 0 aliphatic rings. The van der Waals surface area contributed by atoms with Crippen molar-refractivity contribution in [3.05, 3.63) is 41.7 Å². The Labute approximate surface area is 150 Å². The lowest BCUT2D eigenvalue weighted by Crippen LogP contribution is -2.28. The molecule has 0 saturated carbocycles. The minimum atomic E-state index is -0.402. The van der Waals surface area contributed by atoms with Gasteiger partial charge in [0.15, 0.2) is 11.6 Å². The van der Waals surface area contributed by atoms with Crippen LogP contribution < -0.4 is 10.1 Å². The Hall–Kier alpha value is -2.25. The summed E-state index contributed by atoms with van der Waals surface area (Å²) in [7, 11) is 0. The van der Waals surface area contributed by atoms with E-state index in [1.807, 2.05) is 11.4 Å². The van der Waals surface area contributed by atoms with Gasteiger partial charge in [0, 0.05) is 18.3 Å². The summed E-state index contributed by atoms with van der Waals surface area (Å²) in [6, 6.07) is 6.72. The number of rotatable bonds is 8. The number of nitrogens with zero attached hydrogens (tertiary/aromatic N) is 3. The van der Waals surface area contributed by atoms with Gasteiger partial charge < -0.3 is 15.0 Å². The summed E-state index contributed by atoms with van der Waals surface area (Å²) >= 11 is 1.59. The molecule has 7 heteroatoms. The van der Waals surface area contributed by atoms with Crippen molar-refractivity contribution in [2.24, 2.45) is 0 Å². The number of aromatic nitrogens is 2. The maximum Gasteiger partial charge on any atom is 0.227 e. The Balaban J connectivity index is 1.62. The van der Waals surface area contributed by atoms with Crippen LogP contribution in [0.4, 0.5) is 16.0 Å². The number of benzene rings is 1. The predicted octanol–water partition coefficient (Wildman–Crippen LogP) is 4.29. The SMILES string of the molecule is CCN(CC)CCOc1ccc(Nc2ncc3sccc3n2)cc1F. The Morgan fingerprint density at radius 1 is 1.24 bits per heavy atom. The van der Waals surface area contributed by atoms with Crippen molar-refractivity contribution in [2.75, 3.05) is 31.6 Å². The summed E-state index contributed by atoms with van der Waals surface area (Å²) in [5.41, 5.74) is 1.46. The first-order chi connectivity index (χ1) is 12.2. The van der Waals surface area contributed by atoms with Crippen LogP contribution >= 0.6 is 11.3 Å². The van der Waals surface area contributed by atoms with E-state index in [-0.39, 0.29) is 5.75 Å². The topological polar surface area (TPSA) is 50.3 Å². The first-order valence-electron chi connectivity index (χ1n) is 8.31. The molecule has 1 N–H and O–H groups in total. The minimum absolute atomic E-state index is 0.256. The van der Waals surface area contributed by atoms with Gasteiger partial charge in [-0.05, 0) is 36.7 Å². The van der Waals surface area contributed by atoms with Crippen molar-refractivity contribution >= 4 is 33.2 Å². The molecule has 0 amide bonds. The van der Waals surface area contributed by atoms with Crippen LogP contribution in [0.1, 0.15) is 13.8 Å². The van der Waals surface area contributed by atoms with Gasteiger partial charge in [0.1, 0.15) is 6.61 Å². The number of thiophene rings is 1. The van der Waals surface area contributed by atoms with E-state index >= 15 is 0 Å². The van der Waals surface area contributed by atoms with Crippen molar-refractivity contribution in [2.45, 2.75) is 13.8 Å². The lowest BCUT2D eigenvalue weighted by atomic mass is 10.3. The summed E-state index contributed by atoms with van der Waals surface area (Å²) in [4.78, 5) is 10.9. The molecular weight excluding hydrogens is 339 g/mol. The molecule has 0 bridgehead atoms. The Kier molecular flexibility index (Phi) is 5.78. The summed E-state index contributed by atoms with van der Waals surface area (Å²) in [6.45, 7) is 7.35. The molecule has 0 atom stereocenters. The number of fused-ring (bicyclic) bond motifs is 1. The normalized spacial score (nSPS) is 11.2. The number of halogens is 1. The Morgan fingerprint density at radius 3 is 2.84 bits per heavy atom. The molecule has 25 heavy (non-hydrogen) atoms. The maximum atomic E-state index is 14.2. The number of ether oxygens (including phenoxy) is 1. The van der Waals surface area contributed by atoms with Gasteiger partial charge in [-0.2, -0.15) is 0 Å². The molecule has 2 heterocycles. The van der Waals surface area contributed by atoms with E-state index in [2.05, 4.69) is 34.0 Å². The molecule has 2 aromatic heterocycles. The van der Waals surface area contributed by atoms with Crippen molar-refractivity contribution < 1.29 is 9.13 Å². The van der Waals surface area contributed by atoms with E-state index in [1.165, 1.54) is 6.07 Å². The molecule has 0 aliphatic carbocycles. The smallest absolute Gasteiger partial charge is 0.227 e. The Morgan fingerprint density at radius 2 is 2.08 bits per heavy atom. The van der Waals surface area contributed by atoms with Crippen molar-refractivity contribution in [1.82, 2.24) is 14.9 Å². The number of likely N-dealkylation sites (N-methyl/N-ethyl adjacent to an activating group) is 1. The van der Waals surface area contributed by atoms with Crippen LogP contribution in [-0.2, 0) is 0 Å². The third-order valence-corrected chi connectivity index (χ3v) is 4.79. The summed E-state index contributed by atoms with van der Waals surface area (Å²) < 4.78 is 20.8. The van der Waals surface area contributed by atoms with E-state index < -0.39 is 5.82 Å². The van der Waals surface area contributed by atoms with Crippen molar-refractivity contribution in [3.8, 4) is 5.75 Å². The third kappa shape index (κ3) is 4.43. The first-order valence-corrected chi connectivity index (χ1v) is 9.19. The van der Waals surface area contributed by atoms with E-state index in [4.69, 9.17) is 4.74 Å². The second kappa shape index (κ2) is 8.22. The zero-order valence-corrected chi connectivity index (χ0v) is 15.1. The van der Waals surface area contributed by atoms with E-state index in [0.717, 1.165) is 29.9 Å². The average Bonchev–Trinajstić information content (AvgIpc) is 3.08. The highest BCUT2D eigenvalue weighted by atomic mass is 32.1. The first kappa shape index (κ1) is 17.6. The zero-order chi connectivity index (χ0) is 17.6. The third-order valence-electron chi connectivity index (χ3n) is 3.95. The second-order valence-corrected chi connectivity index (χ2v) is 6.46. The van der Waals surface area contributed by atoms with E-state index in [1.54, 1.807) is 29.7 Å². The molecular formula is C18H21FN4OS. The lowest BCUT2D eigenvalue weighted by Gasteiger charge is -2.18. The van der Waals surface area contributed by atoms with Gasteiger partial charge in [-0.15, -0.1) is 11.3 Å². The molecule has 5 nitrogen and oxygen atoms in total. The van der Waals surface area contributed by atoms with Gasteiger partial charge in [-0.1, -0.05) is 13.8 Å². The van der Waals surface area contributed by atoms with E-state index in [9.17, 15) is 4.39 Å². The summed E-state index contributed by atoms with van der Waals surface area (Å²) in [5, 5.41) is 4.99. The molecule has 1 aromatic carbocycles. The summed E-state index contributed by atoms with van der Waals surface area (Å²) in [6.07, 6.45) is 1.76. The highest BCUT2D eigenvalue weighted by Crippen LogP contribution is 2.24.